The Labute approximate surface area is 314 Å². The first-order valence-corrected chi connectivity index (χ1v) is 21.1. The summed E-state index contributed by atoms with van der Waals surface area (Å²) in [6.07, 6.45) is 16.4. The van der Waals surface area contributed by atoms with Gasteiger partial charge in [-0.3, -0.25) is 9.69 Å². The van der Waals surface area contributed by atoms with Crippen molar-refractivity contribution in [3.05, 3.63) is 81.5 Å². The minimum atomic E-state index is -1.12. The zero-order chi connectivity index (χ0) is 36.4. The van der Waals surface area contributed by atoms with E-state index in [1.807, 2.05) is 12.1 Å². The van der Waals surface area contributed by atoms with E-state index in [1.165, 1.54) is 17.7 Å². The minimum absolute atomic E-state index is 0.139. The molecule has 3 saturated heterocycles. The Bertz CT molecular complexity index is 1880. The highest BCUT2D eigenvalue weighted by Crippen LogP contribution is 2.87. The first-order valence-electron chi connectivity index (χ1n) is 21.1. The maximum Gasteiger partial charge on any atom is 0.339 e. The smallest absolute Gasteiger partial charge is 0.339 e. The summed E-state index contributed by atoms with van der Waals surface area (Å²) in [5, 5.41) is 12.7. The van der Waals surface area contributed by atoms with Crippen molar-refractivity contribution in [2.75, 3.05) is 32.7 Å². The number of nitrogens with two attached hydrogens (primary N) is 1. The fraction of sp³-hybridized carbons (Fsp3) is 0.644. The van der Waals surface area contributed by atoms with Crippen LogP contribution < -0.4 is 5.73 Å². The van der Waals surface area contributed by atoms with Crippen LogP contribution in [0.15, 0.2) is 64.8 Å². The SMILES string of the molecule is CCCC1CC(O)=C2OC(=O)C34C5=C(CCC23C2(OC(=O)c3c(CCCN)cccc32)C4CCC)C2C(=CCC(C)C2C=C5)N2CC3CC(C2)CN1C3. The number of carbonyl (C=O) groups is 2. The van der Waals surface area contributed by atoms with Gasteiger partial charge < -0.3 is 25.2 Å². The van der Waals surface area contributed by atoms with Gasteiger partial charge in [0, 0.05) is 61.7 Å². The summed E-state index contributed by atoms with van der Waals surface area (Å²) < 4.78 is 13.6. The number of aryl methyl sites for hydroxylation is 1. The van der Waals surface area contributed by atoms with Gasteiger partial charge in [0.25, 0.3) is 0 Å². The number of carbonyl (C=O) groups excluding carboxylic acids is 2. The highest BCUT2D eigenvalue weighted by Gasteiger charge is 2.93. The lowest BCUT2D eigenvalue weighted by Crippen LogP contribution is -2.77. The normalized spacial score (nSPS) is 41.6. The molecule has 282 valence electrons. The second-order valence-corrected chi connectivity index (χ2v) is 18.2. The van der Waals surface area contributed by atoms with Crippen LogP contribution in [0.3, 0.4) is 0 Å². The van der Waals surface area contributed by atoms with E-state index >= 15 is 4.79 Å². The Balaban J connectivity index is 1.25. The molecule has 0 aromatic heterocycles. The van der Waals surface area contributed by atoms with Crippen molar-refractivity contribution in [1.82, 2.24) is 9.80 Å². The zero-order valence-corrected chi connectivity index (χ0v) is 31.9. The molecule has 8 aliphatic heterocycles. The van der Waals surface area contributed by atoms with Crippen molar-refractivity contribution < 1.29 is 24.2 Å². The van der Waals surface area contributed by atoms with E-state index in [0.29, 0.717) is 67.2 Å². The fourth-order valence-electron chi connectivity index (χ4n) is 14.1. The monoisotopic (exact) mass is 719 g/mol. The number of esters is 2. The van der Waals surface area contributed by atoms with Crippen molar-refractivity contribution in [1.29, 1.82) is 0 Å². The van der Waals surface area contributed by atoms with Gasteiger partial charge in [-0.1, -0.05) is 75.6 Å². The van der Waals surface area contributed by atoms with Gasteiger partial charge in [0.05, 0.1) is 11.0 Å². The van der Waals surface area contributed by atoms with Crippen molar-refractivity contribution in [2.24, 2.45) is 52.1 Å². The molecule has 1 saturated carbocycles. The van der Waals surface area contributed by atoms with Crippen LogP contribution in [0.5, 0.6) is 0 Å². The number of hydrogen-bond acceptors (Lipinski definition) is 8. The predicted octanol–water partition coefficient (Wildman–Crippen LogP) is 7.32. The second-order valence-electron chi connectivity index (χ2n) is 18.2. The highest BCUT2D eigenvalue weighted by molar-refractivity contribution is 6.00. The Hall–Kier alpha value is -3.36. The molecular weight excluding hydrogens is 663 g/mol. The number of allylic oxidation sites excluding steroid dienone is 4. The summed E-state index contributed by atoms with van der Waals surface area (Å²) in [6, 6.07) is 6.29. The van der Waals surface area contributed by atoms with Crippen LogP contribution in [0.25, 0.3) is 0 Å². The Morgan fingerprint density at radius 2 is 1.85 bits per heavy atom. The molecule has 53 heavy (non-hydrogen) atoms. The summed E-state index contributed by atoms with van der Waals surface area (Å²) in [5.41, 5.74) is 9.16. The van der Waals surface area contributed by atoms with Crippen LogP contribution in [0.2, 0.25) is 0 Å². The van der Waals surface area contributed by atoms with Gasteiger partial charge >= 0.3 is 11.9 Å². The zero-order valence-electron chi connectivity index (χ0n) is 31.9. The van der Waals surface area contributed by atoms with Gasteiger partial charge in [-0.25, -0.2) is 4.79 Å². The molecule has 2 spiro atoms. The fourth-order valence-corrected chi connectivity index (χ4v) is 14.1. The third-order valence-corrected chi connectivity index (χ3v) is 15.7. The molecule has 1 aromatic rings. The molecule has 8 heterocycles. The molecule has 12 aliphatic rings. The third-order valence-electron chi connectivity index (χ3n) is 15.7. The number of benzene rings is 1. The van der Waals surface area contributed by atoms with Crippen molar-refractivity contribution in [2.45, 2.75) is 103 Å². The summed E-state index contributed by atoms with van der Waals surface area (Å²) in [5.74, 6) is 1.92. The first-order chi connectivity index (χ1) is 25.7. The first kappa shape index (κ1) is 34.2. The molecule has 4 fully saturated rings. The number of piperidine rings is 2. The molecule has 10 unspecified atom stereocenters. The van der Waals surface area contributed by atoms with Crippen LogP contribution in [-0.2, 0) is 26.3 Å². The van der Waals surface area contributed by atoms with E-state index in [2.05, 4.69) is 54.9 Å². The van der Waals surface area contributed by atoms with Crippen molar-refractivity contribution >= 4 is 11.9 Å². The number of aliphatic hydroxyl groups is 1. The molecule has 10 bridgehead atoms. The summed E-state index contributed by atoms with van der Waals surface area (Å²) in [4.78, 5) is 35.2. The van der Waals surface area contributed by atoms with Gasteiger partial charge in [-0.15, -0.1) is 0 Å². The van der Waals surface area contributed by atoms with E-state index in [1.54, 1.807) is 0 Å². The van der Waals surface area contributed by atoms with Crippen LogP contribution in [0.1, 0.15) is 106 Å². The number of aliphatic hydroxyl groups excluding tert-OH is 1. The van der Waals surface area contributed by atoms with Gasteiger partial charge in [0.2, 0.25) is 0 Å². The van der Waals surface area contributed by atoms with E-state index < -0.39 is 16.4 Å². The van der Waals surface area contributed by atoms with Gasteiger partial charge in [-0.05, 0) is 92.7 Å². The molecule has 8 nitrogen and oxygen atoms in total. The standard InChI is InChI=1S/C45H57N3O5/c1-4-8-30-21-36(49)40-43-18-17-32-33(15-14-31-26(3)13-16-35(39(31)32)48-24-27-20-28(25-48)23-47(30)22-27)44(43,42(51)52-40)37(9-5-2)45(43)34-12-6-10-29(11-7-19-46)38(34)41(50)53-45/h6,10,12,14-16,26-28,30-31,37,39,49H,4-5,7-9,11,13,17-25,46H2,1-3H3. The molecular formula is C45H57N3O5. The molecule has 3 N–H and O–H groups in total. The van der Waals surface area contributed by atoms with Crippen LogP contribution >= 0.6 is 0 Å². The van der Waals surface area contributed by atoms with E-state index in [9.17, 15) is 9.90 Å². The largest absolute Gasteiger partial charge is 0.509 e. The topological polar surface area (TPSA) is 105 Å². The Kier molecular flexibility index (Phi) is 7.78. The molecule has 0 radical (unpaired) electrons. The van der Waals surface area contributed by atoms with E-state index in [4.69, 9.17) is 15.2 Å². The van der Waals surface area contributed by atoms with Crippen LogP contribution in [0, 0.1) is 46.3 Å². The Morgan fingerprint density at radius 1 is 1.06 bits per heavy atom. The van der Waals surface area contributed by atoms with Gasteiger partial charge in [-0.2, -0.15) is 0 Å². The number of hydrogen-bond donors (Lipinski definition) is 2. The number of fused-ring (bicyclic) bond motifs is 2. The molecule has 1 aromatic carbocycles. The summed E-state index contributed by atoms with van der Waals surface area (Å²) in [7, 11) is 0. The quantitative estimate of drug-likeness (QED) is 0.283. The maximum atomic E-state index is 15.3. The predicted molar refractivity (Wildman–Crippen MR) is 202 cm³/mol. The number of ether oxygens (including phenoxy) is 2. The maximum absolute atomic E-state index is 15.3. The van der Waals surface area contributed by atoms with E-state index in [0.717, 1.165) is 81.4 Å². The average Bonchev–Trinajstić information content (AvgIpc) is 3.61. The summed E-state index contributed by atoms with van der Waals surface area (Å²) in [6.45, 7) is 11.5. The lowest BCUT2D eigenvalue weighted by molar-refractivity contribution is -0.275. The molecule has 8 heteroatoms. The van der Waals surface area contributed by atoms with Crippen LogP contribution in [-0.4, -0.2) is 65.6 Å². The van der Waals surface area contributed by atoms with Crippen molar-refractivity contribution in [3.63, 3.8) is 0 Å². The van der Waals surface area contributed by atoms with Gasteiger partial charge in [0.15, 0.2) is 11.4 Å². The average molecular weight is 720 g/mol. The summed E-state index contributed by atoms with van der Waals surface area (Å²) >= 11 is 0. The third kappa shape index (κ3) is 4.15. The second kappa shape index (κ2) is 12.1. The lowest BCUT2D eigenvalue weighted by Gasteiger charge is -2.71. The van der Waals surface area contributed by atoms with Crippen molar-refractivity contribution in [3.8, 4) is 0 Å². The van der Waals surface area contributed by atoms with Crippen LogP contribution in [0.4, 0.5) is 0 Å². The number of nitrogens with zero attached hydrogens (tertiary/aromatic N) is 2. The van der Waals surface area contributed by atoms with Gasteiger partial charge in [0.1, 0.15) is 11.2 Å². The highest BCUT2D eigenvalue weighted by atomic mass is 16.6. The molecule has 4 aliphatic carbocycles. The lowest BCUT2D eigenvalue weighted by atomic mass is 9.29. The molecule has 13 rings (SSSR count). The molecule has 0 amide bonds. The molecule has 10 atom stereocenters. The minimum Gasteiger partial charge on any atom is -0.509 e. The van der Waals surface area contributed by atoms with E-state index in [-0.39, 0.29) is 35.6 Å². The number of rotatable bonds is 7. The Morgan fingerprint density at radius 3 is 2.60 bits per heavy atom.